The van der Waals surface area contributed by atoms with E-state index in [1.54, 1.807) is 13.1 Å². The maximum absolute atomic E-state index is 12.6. The molecule has 0 saturated carbocycles. The molecule has 1 unspecified atom stereocenters. The van der Waals surface area contributed by atoms with Crippen molar-refractivity contribution in [2.24, 2.45) is 14.1 Å². The number of likely N-dealkylation sites (tertiary alicyclic amines) is 1. The molecule has 27 heavy (non-hydrogen) atoms. The summed E-state index contributed by atoms with van der Waals surface area (Å²) < 4.78 is 2.47. The number of amides is 1. The zero-order chi connectivity index (χ0) is 19.1. The minimum atomic E-state index is -0.399. The number of nitrogens with zero attached hydrogens (tertiary/aromatic N) is 4. The Morgan fingerprint density at radius 1 is 1.04 bits per heavy atom. The Morgan fingerprint density at radius 3 is 2.52 bits per heavy atom. The van der Waals surface area contributed by atoms with Crippen molar-refractivity contribution in [1.29, 1.82) is 0 Å². The number of carbonyl (C=O) groups excluding carboxylic acids is 1. The lowest BCUT2D eigenvalue weighted by atomic mass is 10.0. The molecule has 2 aromatic heterocycles. The molecular formula is C20H20N4O3. The number of rotatable bonds is 2. The molecule has 1 amide bonds. The van der Waals surface area contributed by atoms with Gasteiger partial charge in [0, 0.05) is 44.4 Å². The average Bonchev–Trinajstić information content (AvgIpc) is 3.20. The number of aryl methyl sites for hydroxylation is 1. The first-order valence-corrected chi connectivity index (χ1v) is 8.88. The Hall–Kier alpha value is -3.22. The maximum atomic E-state index is 12.6. The van der Waals surface area contributed by atoms with Crippen molar-refractivity contribution in [3.05, 3.63) is 74.6 Å². The summed E-state index contributed by atoms with van der Waals surface area (Å²) in [7, 11) is 3.07. The molecule has 0 bridgehead atoms. The zero-order valence-corrected chi connectivity index (χ0v) is 15.3. The van der Waals surface area contributed by atoms with Crippen LogP contribution in [-0.4, -0.2) is 38.0 Å². The molecule has 3 aromatic rings. The van der Waals surface area contributed by atoms with Gasteiger partial charge in [0.2, 0.25) is 0 Å². The summed E-state index contributed by atoms with van der Waals surface area (Å²) in [5, 5.41) is 0.415. The maximum Gasteiger partial charge on any atom is 0.332 e. The van der Waals surface area contributed by atoms with E-state index in [4.69, 9.17) is 0 Å². The van der Waals surface area contributed by atoms with Crippen molar-refractivity contribution in [2.75, 3.05) is 13.1 Å². The molecular weight excluding hydrogens is 344 g/mol. The number of fused-ring (bicyclic) bond motifs is 1. The highest BCUT2D eigenvalue weighted by Gasteiger charge is 2.29. The Labute approximate surface area is 155 Å². The number of pyridine rings is 1. The molecule has 3 heterocycles. The molecule has 0 N–H and O–H groups in total. The molecule has 7 heteroatoms. The largest absolute Gasteiger partial charge is 0.338 e. The predicted octanol–water partition coefficient (Wildman–Crippen LogP) is 1.26. The van der Waals surface area contributed by atoms with E-state index >= 15 is 0 Å². The Kier molecular flexibility index (Phi) is 4.14. The van der Waals surface area contributed by atoms with Gasteiger partial charge in [-0.1, -0.05) is 18.2 Å². The van der Waals surface area contributed by atoms with Crippen molar-refractivity contribution in [3.63, 3.8) is 0 Å². The van der Waals surface area contributed by atoms with E-state index in [-0.39, 0.29) is 17.4 Å². The number of benzene rings is 1. The van der Waals surface area contributed by atoms with Crippen LogP contribution in [0.25, 0.3) is 11.0 Å². The minimum Gasteiger partial charge on any atom is -0.338 e. The van der Waals surface area contributed by atoms with Gasteiger partial charge < -0.3 is 4.90 Å². The van der Waals surface area contributed by atoms with Gasteiger partial charge >= 0.3 is 5.69 Å². The molecule has 1 atom stereocenters. The molecule has 7 nitrogen and oxygen atoms in total. The van der Waals surface area contributed by atoms with Crippen LogP contribution in [0.4, 0.5) is 0 Å². The summed E-state index contributed by atoms with van der Waals surface area (Å²) in [6.45, 7) is 1.23. The molecule has 0 radical (unpaired) electrons. The molecule has 0 spiro atoms. The molecule has 4 rings (SSSR count). The quantitative estimate of drug-likeness (QED) is 0.686. The first-order chi connectivity index (χ1) is 13.0. The second kappa shape index (κ2) is 6.50. The third kappa shape index (κ3) is 2.85. The lowest BCUT2D eigenvalue weighted by Gasteiger charge is -2.17. The molecule has 1 saturated heterocycles. The van der Waals surface area contributed by atoms with Crippen LogP contribution < -0.4 is 11.2 Å². The van der Waals surface area contributed by atoms with Crippen LogP contribution in [0.2, 0.25) is 0 Å². The fourth-order valence-electron chi connectivity index (χ4n) is 3.65. The predicted molar refractivity (Wildman–Crippen MR) is 102 cm³/mol. The van der Waals surface area contributed by atoms with Crippen LogP contribution in [0.5, 0.6) is 0 Å². The number of hydrogen-bond donors (Lipinski definition) is 0. The summed E-state index contributed by atoms with van der Waals surface area (Å²) in [6, 6.07) is 12.8. The highest BCUT2D eigenvalue weighted by atomic mass is 16.2. The van der Waals surface area contributed by atoms with Gasteiger partial charge in [-0.25, -0.2) is 9.78 Å². The second-order valence-electron chi connectivity index (χ2n) is 6.92. The number of carbonyl (C=O) groups is 1. The fourth-order valence-corrected chi connectivity index (χ4v) is 3.65. The lowest BCUT2D eigenvalue weighted by Crippen LogP contribution is -2.37. The van der Waals surface area contributed by atoms with E-state index in [9.17, 15) is 14.4 Å². The normalized spacial score (nSPS) is 16.8. The van der Waals surface area contributed by atoms with Crippen LogP contribution in [-0.2, 0) is 14.1 Å². The van der Waals surface area contributed by atoms with Crippen LogP contribution in [0, 0.1) is 0 Å². The average molecular weight is 364 g/mol. The summed E-state index contributed by atoms with van der Waals surface area (Å²) in [4.78, 5) is 43.5. The van der Waals surface area contributed by atoms with Gasteiger partial charge in [-0.15, -0.1) is 0 Å². The Bertz CT molecular complexity index is 1150. The van der Waals surface area contributed by atoms with Crippen molar-refractivity contribution in [2.45, 2.75) is 12.3 Å². The first kappa shape index (κ1) is 17.2. The summed E-state index contributed by atoms with van der Waals surface area (Å²) in [5.41, 5.74) is 1.11. The van der Waals surface area contributed by atoms with Crippen molar-refractivity contribution >= 4 is 16.9 Å². The van der Waals surface area contributed by atoms with Gasteiger partial charge in [0.25, 0.3) is 11.5 Å². The van der Waals surface area contributed by atoms with E-state index in [1.165, 1.54) is 11.6 Å². The van der Waals surface area contributed by atoms with Crippen LogP contribution in [0.1, 0.15) is 28.4 Å². The van der Waals surface area contributed by atoms with Gasteiger partial charge in [-0.2, -0.15) is 0 Å². The molecule has 1 aromatic carbocycles. The van der Waals surface area contributed by atoms with Crippen LogP contribution >= 0.6 is 0 Å². The van der Waals surface area contributed by atoms with E-state index in [2.05, 4.69) is 4.98 Å². The van der Waals surface area contributed by atoms with Gasteiger partial charge in [0.1, 0.15) is 5.65 Å². The van der Waals surface area contributed by atoms with Crippen molar-refractivity contribution in [3.8, 4) is 0 Å². The highest BCUT2D eigenvalue weighted by molar-refractivity contribution is 5.94. The third-order valence-electron chi connectivity index (χ3n) is 5.24. The molecule has 1 aliphatic heterocycles. The Morgan fingerprint density at radius 2 is 1.78 bits per heavy atom. The summed E-state index contributed by atoms with van der Waals surface area (Å²) in [6.07, 6.45) is 0.801. The number of aromatic nitrogens is 3. The smallest absolute Gasteiger partial charge is 0.332 e. The Balaban J connectivity index is 1.65. The van der Waals surface area contributed by atoms with Crippen molar-refractivity contribution < 1.29 is 4.79 Å². The monoisotopic (exact) mass is 364 g/mol. The lowest BCUT2D eigenvalue weighted by molar-refractivity contribution is 0.0790. The van der Waals surface area contributed by atoms with E-state index < -0.39 is 5.69 Å². The fraction of sp³-hybridized carbons (Fsp3) is 0.300. The summed E-state index contributed by atoms with van der Waals surface area (Å²) >= 11 is 0. The van der Waals surface area contributed by atoms with E-state index in [1.807, 2.05) is 41.3 Å². The highest BCUT2D eigenvalue weighted by Crippen LogP contribution is 2.27. The topological polar surface area (TPSA) is 77.2 Å². The van der Waals surface area contributed by atoms with E-state index in [0.29, 0.717) is 29.7 Å². The van der Waals surface area contributed by atoms with Crippen LogP contribution in [0.15, 0.2) is 52.1 Å². The number of hydrogen-bond acceptors (Lipinski definition) is 4. The van der Waals surface area contributed by atoms with Gasteiger partial charge in [0.15, 0.2) is 0 Å². The molecule has 0 aliphatic carbocycles. The van der Waals surface area contributed by atoms with Gasteiger partial charge in [-0.05, 0) is 30.7 Å². The zero-order valence-electron chi connectivity index (χ0n) is 15.3. The standard InChI is InChI=1S/C20H20N4O3/c1-22-17-15(19(26)23(2)20(22)27)8-9-16(21-17)14-10-11-24(12-14)18(25)13-6-4-3-5-7-13/h3-9,14H,10-12H2,1-2H3. The third-order valence-corrected chi connectivity index (χ3v) is 5.24. The van der Waals surface area contributed by atoms with Gasteiger partial charge in [0.05, 0.1) is 5.39 Å². The first-order valence-electron chi connectivity index (χ1n) is 8.88. The molecule has 1 fully saturated rings. The van der Waals surface area contributed by atoms with Crippen LogP contribution in [0.3, 0.4) is 0 Å². The second-order valence-corrected chi connectivity index (χ2v) is 6.92. The van der Waals surface area contributed by atoms with E-state index in [0.717, 1.165) is 16.7 Å². The minimum absolute atomic E-state index is 0.0140. The summed E-state index contributed by atoms with van der Waals surface area (Å²) in [5.74, 6) is 0.0985. The molecule has 1 aliphatic rings. The van der Waals surface area contributed by atoms with Gasteiger partial charge in [-0.3, -0.25) is 18.7 Å². The van der Waals surface area contributed by atoms with Crippen molar-refractivity contribution in [1.82, 2.24) is 19.0 Å². The molecule has 138 valence electrons. The SMILES string of the molecule is Cn1c(=O)c2ccc(C3CCN(C(=O)c4ccccc4)C3)nc2n(C)c1=O.